The first-order valence-corrected chi connectivity index (χ1v) is 8.14. The van der Waals surface area contributed by atoms with Crippen molar-refractivity contribution in [1.29, 1.82) is 0 Å². The quantitative estimate of drug-likeness (QED) is 0.693. The number of aryl methyl sites for hydroxylation is 1. The lowest BCUT2D eigenvalue weighted by atomic mass is 9.95. The van der Waals surface area contributed by atoms with Crippen LogP contribution in [0.2, 0.25) is 0 Å². The van der Waals surface area contributed by atoms with Crippen LogP contribution in [0.5, 0.6) is 5.75 Å². The zero-order valence-corrected chi connectivity index (χ0v) is 14.0. The molecule has 0 radical (unpaired) electrons. The van der Waals surface area contributed by atoms with Gasteiger partial charge in [-0.3, -0.25) is 0 Å². The van der Waals surface area contributed by atoms with E-state index in [0.29, 0.717) is 0 Å². The summed E-state index contributed by atoms with van der Waals surface area (Å²) in [6.45, 7) is 9.30. The van der Waals surface area contributed by atoms with Gasteiger partial charge in [0.15, 0.2) is 0 Å². The second-order valence-corrected chi connectivity index (χ2v) is 6.13. The van der Waals surface area contributed by atoms with Gasteiger partial charge < -0.3 is 15.2 Å². The van der Waals surface area contributed by atoms with E-state index in [2.05, 4.69) is 38.2 Å². The minimum absolute atomic E-state index is 0.0580. The summed E-state index contributed by atoms with van der Waals surface area (Å²) in [5, 5.41) is 12.9. The van der Waals surface area contributed by atoms with Crippen LogP contribution < -0.4 is 10.1 Å². The van der Waals surface area contributed by atoms with Gasteiger partial charge in [-0.1, -0.05) is 32.4 Å². The molecule has 0 bridgehead atoms. The monoisotopic (exact) mass is 293 g/mol. The maximum absolute atomic E-state index is 9.53. The van der Waals surface area contributed by atoms with Gasteiger partial charge in [-0.25, -0.2) is 0 Å². The number of rotatable bonds is 10. The average Bonchev–Trinajstić information content (AvgIpc) is 2.46. The molecule has 2 unspecified atom stereocenters. The highest BCUT2D eigenvalue weighted by atomic mass is 16.5. The molecule has 2 atom stereocenters. The van der Waals surface area contributed by atoms with Gasteiger partial charge in [-0.05, 0) is 50.9 Å². The van der Waals surface area contributed by atoms with Crippen LogP contribution in [0.4, 0.5) is 0 Å². The van der Waals surface area contributed by atoms with Crippen LogP contribution in [0.1, 0.15) is 52.5 Å². The summed E-state index contributed by atoms with van der Waals surface area (Å²) in [6, 6.07) is 8.39. The molecule has 0 aliphatic heterocycles. The topological polar surface area (TPSA) is 41.5 Å². The van der Waals surface area contributed by atoms with Crippen LogP contribution in [0.3, 0.4) is 0 Å². The predicted octanol–water partition coefficient (Wildman–Crippen LogP) is 3.55. The summed E-state index contributed by atoms with van der Waals surface area (Å²) in [7, 11) is 0. The van der Waals surface area contributed by atoms with E-state index in [0.717, 1.165) is 25.1 Å². The van der Waals surface area contributed by atoms with Crippen molar-refractivity contribution >= 4 is 0 Å². The van der Waals surface area contributed by atoms with Gasteiger partial charge in [0.05, 0.1) is 12.7 Å². The second kappa shape index (κ2) is 9.06. The smallest absolute Gasteiger partial charge is 0.119 e. The number of aliphatic hydroxyl groups is 1. The van der Waals surface area contributed by atoms with Crippen LogP contribution in [0.15, 0.2) is 24.3 Å². The standard InChI is InChI=1S/C18H31NO2/c1-5-7-8-16-9-11-17(12-10-16)21-15(3)13-18(4,14-20)19-6-2/h9-12,15,19-20H,5-8,13-14H2,1-4H3. The van der Waals surface area contributed by atoms with E-state index in [4.69, 9.17) is 4.74 Å². The zero-order chi connectivity index (χ0) is 15.7. The minimum atomic E-state index is -0.283. The lowest BCUT2D eigenvalue weighted by Gasteiger charge is -2.31. The fraction of sp³-hybridized carbons (Fsp3) is 0.667. The zero-order valence-electron chi connectivity index (χ0n) is 14.0. The molecular formula is C18H31NO2. The first-order valence-electron chi connectivity index (χ1n) is 8.14. The highest BCUT2D eigenvalue weighted by Gasteiger charge is 2.25. The van der Waals surface area contributed by atoms with Gasteiger partial charge in [0.2, 0.25) is 0 Å². The highest BCUT2D eigenvalue weighted by Crippen LogP contribution is 2.19. The number of unbranched alkanes of at least 4 members (excludes halogenated alkanes) is 1. The third-order valence-electron chi connectivity index (χ3n) is 3.77. The Morgan fingerprint density at radius 2 is 1.90 bits per heavy atom. The summed E-state index contributed by atoms with van der Waals surface area (Å²) in [6.07, 6.45) is 4.42. The molecule has 0 heterocycles. The van der Waals surface area contributed by atoms with Crippen molar-refractivity contribution in [2.24, 2.45) is 0 Å². The van der Waals surface area contributed by atoms with Crippen LogP contribution in [0, 0.1) is 0 Å². The Balaban J connectivity index is 2.52. The second-order valence-electron chi connectivity index (χ2n) is 6.13. The van der Waals surface area contributed by atoms with E-state index in [1.165, 1.54) is 18.4 Å². The fourth-order valence-electron chi connectivity index (χ4n) is 2.64. The molecule has 3 heteroatoms. The molecule has 1 aromatic rings. The van der Waals surface area contributed by atoms with Gasteiger partial charge in [-0.2, -0.15) is 0 Å². The number of hydrogen-bond acceptors (Lipinski definition) is 3. The van der Waals surface area contributed by atoms with E-state index in [1.54, 1.807) is 0 Å². The van der Waals surface area contributed by atoms with Crippen molar-refractivity contribution in [3.8, 4) is 5.75 Å². The Hall–Kier alpha value is -1.06. The molecule has 0 spiro atoms. The van der Waals surface area contributed by atoms with Gasteiger partial charge in [-0.15, -0.1) is 0 Å². The van der Waals surface area contributed by atoms with Crippen LogP contribution in [0.25, 0.3) is 0 Å². The molecular weight excluding hydrogens is 262 g/mol. The highest BCUT2D eigenvalue weighted by molar-refractivity contribution is 5.27. The first-order chi connectivity index (χ1) is 10.0. The maximum Gasteiger partial charge on any atom is 0.119 e. The van der Waals surface area contributed by atoms with E-state index < -0.39 is 0 Å². The molecule has 0 saturated heterocycles. The van der Waals surface area contributed by atoms with E-state index in [-0.39, 0.29) is 18.2 Å². The number of nitrogens with one attached hydrogen (secondary N) is 1. The SMILES string of the molecule is CCCCc1ccc(OC(C)CC(C)(CO)NCC)cc1. The normalized spacial score (nSPS) is 15.5. The number of aliphatic hydroxyl groups excluding tert-OH is 1. The summed E-state index contributed by atoms with van der Waals surface area (Å²) in [5.41, 5.74) is 1.08. The lowest BCUT2D eigenvalue weighted by molar-refractivity contribution is 0.111. The summed E-state index contributed by atoms with van der Waals surface area (Å²) in [5.74, 6) is 0.902. The molecule has 1 rings (SSSR count). The summed E-state index contributed by atoms with van der Waals surface area (Å²) in [4.78, 5) is 0. The Morgan fingerprint density at radius 1 is 1.24 bits per heavy atom. The third kappa shape index (κ3) is 6.49. The van der Waals surface area contributed by atoms with Crippen molar-refractivity contribution in [3.05, 3.63) is 29.8 Å². The number of likely N-dealkylation sites (N-methyl/N-ethyl adjacent to an activating group) is 1. The molecule has 0 fully saturated rings. The van der Waals surface area contributed by atoms with Crippen molar-refractivity contribution in [1.82, 2.24) is 5.32 Å². The molecule has 0 saturated carbocycles. The molecule has 0 aromatic heterocycles. The maximum atomic E-state index is 9.53. The molecule has 0 aliphatic rings. The van der Waals surface area contributed by atoms with Crippen molar-refractivity contribution in [3.63, 3.8) is 0 Å². The van der Waals surface area contributed by atoms with Crippen molar-refractivity contribution < 1.29 is 9.84 Å². The van der Waals surface area contributed by atoms with E-state index >= 15 is 0 Å². The summed E-state index contributed by atoms with van der Waals surface area (Å²) >= 11 is 0. The molecule has 2 N–H and O–H groups in total. The molecule has 0 amide bonds. The number of ether oxygens (including phenoxy) is 1. The van der Waals surface area contributed by atoms with E-state index in [1.807, 2.05) is 19.1 Å². The minimum Gasteiger partial charge on any atom is -0.491 e. The van der Waals surface area contributed by atoms with Crippen LogP contribution in [-0.4, -0.2) is 29.9 Å². The van der Waals surface area contributed by atoms with Crippen LogP contribution in [-0.2, 0) is 6.42 Å². The lowest BCUT2D eigenvalue weighted by Crippen LogP contribution is -2.48. The molecule has 0 aliphatic carbocycles. The third-order valence-corrected chi connectivity index (χ3v) is 3.77. The molecule has 1 aromatic carbocycles. The Morgan fingerprint density at radius 3 is 2.43 bits per heavy atom. The number of benzene rings is 1. The summed E-state index contributed by atoms with van der Waals surface area (Å²) < 4.78 is 5.97. The number of hydrogen-bond donors (Lipinski definition) is 2. The molecule has 21 heavy (non-hydrogen) atoms. The van der Waals surface area contributed by atoms with Gasteiger partial charge in [0.25, 0.3) is 0 Å². The Bertz CT molecular complexity index is 391. The van der Waals surface area contributed by atoms with Gasteiger partial charge in [0, 0.05) is 12.0 Å². The van der Waals surface area contributed by atoms with Crippen molar-refractivity contribution in [2.75, 3.05) is 13.2 Å². The van der Waals surface area contributed by atoms with Gasteiger partial charge in [0.1, 0.15) is 5.75 Å². The van der Waals surface area contributed by atoms with E-state index in [9.17, 15) is 5.11 Å². The largest absolute Gasteiger partial charge is 0.491 e. The van der Waals surface area contributed by atoms with Crippen molar-refractivity contribution in [2.45, 2.75) is 65.0 Å². The first kappa shape index (κ1) is 18.0. The van der Waals surface area contributed by atoms with Crippen LogP contribution >= 0.6 is 0 Å². The molecule has 120 valence electrons. The molecule has 3 nitrogen and oxygen atoms in total. The Labute approximate surface area is 129 Å². The predicted molar refractivity (Wildman–Crippen MR) is 88.9 cm³/mol. The fourth-order valence-corrected chi connectivity index (χ4v) is 2.64. The Kier molecular flexibility index (Phi) is 7.76. The average molecular weight is 293 g/mol. The van der Waals surface area contributed by atoms with Gasteiger partial charge >= 0.3 is 0 Å².